The summed E-state index contributed by atoms with van der Waals surface area (Å²) in [7, 11) is 0. The number of hydrogen-bond acceptors (Lipinski definition) is 5. The number of benzene rings is 1. The molecule has 0 aliphatic carbocycles. The summed E-state index contributed by atoms with van der Waals surface area (Å²) in [6.45, 7) is 12.0. The van der Waals surface area contributed by atoms with Gasteiger partial charge in [-0.05, 0) is 26.0 Å². The van der Waals surface area contributed by atoms with Crippen LogP contribution in [-0.2, 0) is 4.79 Å². The normalized spacial score (nSPS) is 12.7. The van der Waals surface area contributed by atoms with Crippen molar-refractivity contribution in [2.45, 2.75) is 23.6 Å². The molecule has 0 spiro atoms. The standard InChI is InChI=1S/C14H14N2O3S2/c1-4-16(5-2)13(19)10(15-3)14-20-11-8(17)6-7-9(18)12(11)21-14/h6-7,17-18H,4-5H2,1-2H3. The van der Waals surface area contributed by atoms with Crippen LogP contribution >= 0.6 is 23.5 Å². The first-order valence-corrected chi connectivity index (χ1v) is 7.98. The lowest BCUT2D eigenvalue weighted by Gasteiger charge is -2.18. The van der Waals surface area contributed by atoms with Gasteiger partial charge in [0.15, 0.2) is 0 Å². The number of thioether (sulfide) groups is 2. The zero-order valence-corrected chi connectivity index (χ0v) is 13.2. The Bertz CT molecular complexity index is 628. The van der Waals surface area contributed by atoms with E-state index in [1.807, 2.05) is 13.8 Å². The van der Waals surface area contributed by atoms with Crippen LogP contribution in [0.5, 0.6) is 11.5 Å². The van der Waals surface area contributed by atoms with Crippen molar-refractivity contribution in [3.8, 4) is 11.5 Å². The molecule has 110 valence electrons. The molecule has 5 nitrogen and oxygen atoms in total. The molecule has 0 radical (unpaired) electrons. The zero-order valence-electron chi connectivity index (χ0n) is 11.6. The highest BCUT2D eigenvalue weighted by Gasteiger charge is 2.30. The molecule has 0 saturated carbocycles. The summed E-state index contributed by atoms with van der Waals surface area (Å²) >= 11 is 2.30. The third-order valence-electron chi connectivity index (χ3n) is 3.02. The molecule has 0 atom stereocenters. The molecule has 0 aromatic heterocycles. The van der Waals surface area contributed by atoms with Gasteiger partial charge in [-0.25, -0.2) is 4.85 Å². The summed E-state index contributed by atoms with van der Waals surface area (Å²) in [5.74, 6) is -0.248. The van der Waals surface area contributed by atoms with Crippen LogP contribution in [0.2, 0.25) is 0 Å². The third-order valence-corrected chi connectivity index (χ3v) is 5.64. The maximum absolute atomic E-state index is 12.3. The van der Waals surface area contributed by atoms with Crippen molar-refractivity contribution in [2.24, 2.45) is 0 Å². The van der Waals surface area contributed by atoms with Crippen LogP contribution in [0.15, 0.2) is 31.9 Å². The van der Waals surface area contributed by atoms with Gasteiger partial charge in [-0.15, -0.1) is 0 Å². The molecule has 0 unspecified atom stereocenters. The second-order valence-electron chi connectivity index (χ2n) is 4.19. The van der Waals surface area contributed by atoms with Crippen LogP contribution in [0.4, 0.5) is 0 Å². The second kappa shape index (κ2) is 6.33. The van der Waals surface area contributed by atoms with E-state index in [2.05, 4.69) is 4.85 Å². The van der Waals surface area contributed by atoms with Crippen LogP contribution in [0.25, 0.3) is 4.85 Å². The van der Waals surface area contributed by atoms with E-state index in [-0.39, 0.29) is 23.1 Å². The van der Waals surface area contributed by atoms with Crippen LogP contribution < -0.4 is 0 Å². The Morgan fingerprint density at radius 2 is 1.67 bits per heavy atom. The highest BCUT2D eigenvalue weighted by Crippen LogP contribution is 2.58. The van der Waals surface area contributed by atoms with Gasteiger partial charge in [-0.1, -0.05) is 23.5 Å². The number of carbonyl (C=O) groups is 1. The molecule has 0 saturated heterocycles. The molecular weight excluding hydrogens is 308 g/mol. The Morgan fingerprint density at radius 3 is 2.05 bits per heavy atom. The fourth-order valence-corrected chi connectivity index (χ4v) is 4.37. The fraction of sp³-hybridized carbons (Fsp3) is 0.286. The van der Waals surface area contributed by atoms with Gasteiger partial charge in [0.05, 0.1) is 20.6 Å². The van der Waals surface area contributed by atoms with Gasteiger partial charge < -0.3 is 15.1 Å². The molecular formula is C14H14N2O3S2. The minimum Gasteiger partial charge on any atom is -0.507 e. The van der Waals surface area contributed by atoms with E-state index in [1.165, 1.54) is 12.1 Å². The molecule has 1 amide bonds. The molecule has 1 aromatic carbocycles. The van der Waals surface area contributed by atoms with Crippen molar-refractivity contribution in [2.75, 3.05) is 13.1 Å². The predicted octanol–water partition coefficient (Wildman–Crippen LogP) is 3.25. The highest BCUT2D eigenvalue weighted by molar-refractivity contribution is 8.24. The number of carbonyl (C=O) groups excluding carboxylic acids is 1. The average Bonchev–Trinajstić information content (AvgIpc) is 2.91. The molecule has 21 heavy (non-hydrogen) atoms. The Morgan fingerprint density at radius 1 is 1.19 bits per heavy atom. The van der Waals surface area contributed by atoms with E-state index in [0.29, 0.717) is 27.1 Å². The largest absolute Gasteiger partial charge is 0.507 e. The van der Waals surface area contributed by atoms with Gasteiger partial charge in [0.25, 0.3) is 11.6 Å². The Labute approximate surface area is 131 Å². The van der Waals surface area contributed by atoms with E-state index in [4.69, 9.17) is 6.57 Å². The SMILES string of the molecule is [C-]#[N+]C(C(=O)N(CC)CC)=C1Sc2c(O)ccc(O)c2S1. The van der Waals surface area contributed by atoms with Crippen molar-refractivity contribution in [1.29, 1.82) is 0 Å². The van der Waals surface area contributed by atoms with Gasteiger partial charge in [0, 0.05) is 13.1 Å². The molecule has 1 aliphatic heterocycles. The smallest absolute Gasteiger partial charge is 0.270 e. The van der Waals surface area contributed by atoms with Gasteiger partial charge in [0.2, 0.25) is 0 Å². The van der Waals surface area contributed by atoms with Crippen molar-refractivity contribution in [3.05, 3.63) is 33.5 Å². The lowest BCUT2D eigenvalue weighted by molar-refractivity contribution is -0.126. The number of amides is 1. The summed E-state index contributed by atoms with van der Waals surface area (Å²) in [5, 5.41) is 19.7. The monoisotopic (exact) mass is 322 g/mol. The van der Waals surface area contributed by atoms with Crippen LogP contribution in [-0.4, -0.2) is 34.1 Å². The first kappa shape index (κ1) is 15.6. The number of nitrogens with zero attached hydrogens (tertiary/aromatic N) is 2. The second-order valence-corrected chi connectivity index (χ2v) is 6.49. The van der Waals surface area contributed by atoms with Crippen LogP contribution in [0, 0.1) is 6.57 Å². The first-order valence-electron chi connectivity index (χ1n) is 6.35. The number of rotatable bonds is 3. The average molecular weight is 322 g/mol. The quantitative estimate of drug-likeness (QED) is 0.508. The van der Waals surface area contributed by atoms with E-state index in [1.54, 1.807) is 4.90 Å². The number of phenols is 2. The van der Waals surface area contributed by atoms with Gasteiger partial charge >= 0.3 is 0 Å². The first-order chi connectivity index (χ1) is 10.0. The predicted molar refractivity (Wildman–Crippen MR) is 83.0 cm³/mol. The number of likely N-dealkylation sites (N-methyl/N-ethyl adjacent to an activating group) is 1. The minimum absolute atomic E-state index is 0.0312. The van der Waals surface area contributed by atoms with Crippen molar-refractivity contribution < 1.29 is 15.0 Å². The summed E-state index contributed by atoms with van der Waals surface area (Å²) in [4.78, 5) is 18.3. The van der Waals surface area contributed by atoms with Crippen molar-refractivity contribution >= 4 is 29.4 Å². The van der Waals surface area contributed by atoms with Crippen molar-refractivity contribution in [1.82, 2.24) is 4.90 Å². The number of phenolic OH excluding ortho intramolecular Hbond substituents is 2. The lowest BCUT2D eigenvalue weighted by atomic mass is 10.3. The Kier molecular flexibility index (Phi) is 4.70. The molecule has 2 rings (SSSR count). The molecule has 1 aromatic rings. The summed E-state index contributed by atoms with van der Waals surface area (Å²) < 4.78 is 0.494. The molecule has 2 N–H and O–H groups in total. The highest BCUT2D eigenvalue weighted by atomic mass is 32.2. The number of fused-ring (bicyclic) bond motifs is 1. The summed E-state index contributed by atoms with van der Waals surface area (Å²) in [6, 6.07) is 2.79. The van der Waals surface area contributed by atoms with Gasteiger partial charge in [-0.3, -0.25) is 4.79 Å². The molecule has 7 heteroatoms. The summed E-state index contributed by atoms with van der Waals surface area (Å²) in [5.41, 5.74) is 0.0312. The van der Waals surface area contributed by atoms with Gasteiger partial charge in [0.1, 0.15) is 11.5 Å². The maximum Gasteiger partial charge on any atom is 0.270 e. The Hall–Kier alpha value is -1.78. The van der Waals surface area contributed by atoms with E-state index >= 15 is 0 Å². The number of hydrogen-bond donors (Lipinski definition) is 2. The number of aromatic hydroxyl groups is 2. The van der Waals surface area contributed by atoms with Crippen LogP contribution in [0.3, 0.4) is 0 Å². The molecule has 0 fully saturated rings. The molecule has 0 bridgehead atoms. The molecule has 1 aliphatic rings. The van der Waals surface area contributed by atoms with E-state index < -0.39 is 0 Å². The van der Waals surface area contributed by atoms with E-state index in [0.717, 1.165) is 23.5 Å². The van der Waals surface area contributed by atoms with Crippen LogP contribution in [0.1, 0.15) is 13.8 Å². The minimum atomic E-state index is -0.322. The third kappa shape index (κ3) is 2.82. The lowest BCUT2D eigenvalue weighted by Crippen LogP contribution is -2.31. The maximum atomic E-state index is 12.3. The van der Waals surface area contributed by atoms with Crippen molar-refractivity contribution in [3.63, 3.8) is 0 Å². The topological polar surface area (TPSA) is 65.1 Å². The zero-order chi connectivity index (χ0) is 15.6. The Balaban J connectivity index is 2.43. The van der Waals surface area contributed by atoms with Gasteiger partial charge in [-0.2, -0.15) is 0 Å². The van der Waals surface area contributed by atoms with E-state index in [9.17, 15) is 15.0 Å². The fourth-order valence-electron chi connectivity index (χ4n) is 1.88. The molecule has 1 heterocycles. The summed E-state index contributed by atoms with van der Waals surface area (Å²) in [6.07, 6.45) is 0.